The molecular weight excluding hydrogens is 226 g/mol. The van der Waals surface area contributed by atoms with E-state index in [-0.39, 0.29) is 5.78 Å². The highest BCUT2D eigenvalue weighted by Gasteiger charge is 2.19. The Bertz CT molecular complexity index is 556. The highest BCUT2D eigenvalue weighted by molar-refractivity contribution is 6.12. The van der Waals surface area contributed by atoms with Gasteiger partial charge in [0.2, 0.25) is 0 Å². The van der Waals surface area contributed by atoms with Gasteiger partial charge in [0.05, 0.1) is 19.7 Å². The molecule has 2 aromatic carbocycles. The fourth-order valence-corrected chi connectivity index (χ4v) is 1.88. The van der Waals surface area contributed by atoms with E-state index in [4.69, 9.17) is 0 Å². The number of quaternary nitrogens is 1. The van der Waals surface area contributed by atoms with Crippen molar-refractivity contribution in [2.45, 2.75) is 0 Å². The number of benzene rings is 2. The van der Waals surface area contributed by atoms with Crippen molar-refractivity contribution >= 4 is 11.5 Å². The number of rotatable bonds is 3. The third-order valence-corrected chi connectivity index (χ3v) is 2.76. The molecule has 0 aromatic heterocycles. The van der Waals surface area contributed by atoms with Gasteiger partial charge in [-0.3, -0.25) is 4.79 Å². The molecule has 0 spiro atoms. The Hall–Kier alpha value is -1.97. The summed E-state index contributed by atoms with van der Waals surface area (Å²) in [5, 5.41) is 12.0. The van der Waals surface area contributed by atoms with Gasteiger partial charge in [-0.05, 0) is 6.07 Å². The Morgan fingerprint density at radius 1 is 0.944 bits per heavy atom. The average Bonchev–Trinajstić information content (AvgIpc) is 2.38. The molecule has 0 saturated carbocycles. The van der Waals surface area contributed by atoms with E-state index in [0.717, 1.165) is 0 Å². The van der Waals surface area contributed by atoms with Crippen LogP contribution in [0, 0.1) is 5.21 Å². The molecule has 0 N–H and O–H groups in total. The number of hydrogen-bond donors (Lipinski definition) is 0. The second-order valence-corrected chi connectivity index (χ2v) is 4.56. The molecule has 2 aromatic rings. The van der Waals surface area contributed by atoms with Crippen molar-refractivity contribution in [3.63, 3.8) is 0 Å². The van der Waals surface area contributed by atoms with Crippen LogP contribution in [-0.2, 0) is 0 Å². The molecule has 0 saturated heterocycles. The summed E-state index contributed by atoms with van der Waals surface area (Å²) in [5.74, 6) is -0.117. The zero-order chi connectivity index (χ0) is 13.2. The van der Waals surface area contributed by atoms with Crippen LogP contribution in [0.3, 0.4) is 0 Å². The Morgan fingerprint density at radius 3 is 2.11 bits per heavy atom. The molecule has 0 radical (unpaired) electrons. The number of carbonyl (C=O) groups excluding carboxylic acids is 1. The van der Waals surface area contributed by atoms with Crippen LogP contribution in [0.4, 0.5) is 5.69 Å². The largest absolute Gasteiger partial charge is 0.628 e. The highest BCUT2D eigenvalue weighted by atomic mass is 16.5. The predicted molar refractivity (Wildman–Crippen MR) is 73.3 cm³/mol. The molecule has 0 aliphatic carbocycles. The average molecular weight is 241 g/mol. The number of para-hydroxylation sites is 1. The number of nitrogens with zero attached hydrogens (tertiary/aromatic N) is 1. The Morgan fingerprint density at radius 2 is 1.50 bits per heavy atom. The van der Waals surface area contributed by atoms with Gasteiger partial charge in [0.15, 0.2) is 5.78 Å². The van der Waals surface area contributed by atoms with Crippen molar-refractivity contribution in [1.29, 1.82) is 0 Å². The minimum atomic E-state index is -0.616. The maximum Gasteiger partial charge on any atom is 0.199 e. The van der Waals surface area contributed by atoms with Crippen molar-refractivity contribution < 1.29 is 4.79 Å². The standard InChI is InChI=1S/C15H15NO2/c1-16(2,18)14-11-7-6-10-13(14)15(17)12-8-4-3-5-9-12/h3-11H,1-2H3. The topological polar surface area (TPSA) is 40.1 Å². The van der Waals surface area contributed by atoms with Crippen molar-refractivity contribution in [2.75, 3.05) is 14.1 Å². The highest BCUT2D eigenvalue weighted by Crippen LogP contribution is 2.25. The first-order chi connectivity index (χ1) is 8.50. The van der Waals surface area contributed by atoms with E-state index in [1.165, 1.54) is 14.1 Å². The van der Waals surface area contributed by atoms with E-state index in [1.807, 2.05) is 18.2 Å². The van der Waals surface area contributed by atoms with Crippen LogP contribution in [0.1, 0.15) is 15.9 Å². The smallest absolute Gasteiger partial charge is 0.199 e. The third kappa shape index (κ3) is 2.47. The maximum absolute atomic E-state index is 12.4. The lowest BCUT2D eigenvalue weighted by Crippen LogP contribution is -2.34. The summed E-state index contributed by atoms with van der Waals surface area (Å²) in [6, 6.07) is 15.9. The lowest BCUT2D eigenvalue weighted by molar-refractivity contribution is 0.103. The molecule has 3 heteroatoms. The molecular formula is C15H15NO2. The molecule has 2 rings (SSSR count). The number of hydroxylamine groups is 2. The molecule has 0 aliphatic heterocycles. The van der Waals surface area contributed by atoms with E-state index >= 15 is 0 Å². The van der Waals surface area contributed by atoms with Gasteiger partial charge in [-0.15, -0.1) is 0 Å². The first-order valence-corrected chi connectivity index (χ1v) is 5.74. The van der Waals surface area contributed by atoms with Gasteiger partial charge < -0.3 is 9.85 Å². The van der Waals surface area contributed by atoms with Crippen LogP contribution in [0.25, 0.3) is 0 Å². The van der Waals surface area contributed by atoms with E-state index in [9.17, 15) is 10.0 Å². The normalized spacial score (nSPS) is 11.3. The van der Waals surface area contributed by atoms with Crippen LogP contribution in [0.5, 0.6) is 0 Å². The fourth-order valence-electron chi connectivity index (χ4n) is 1.88. The molecule has 0 bridgehead atoms. The Kier molecular flexibility index (Phi) is 3.28. The van der Waals surface area contributed by atoms with E-state index in [2.05, 4.69) is 0 Å². The third-order valence-electron chi connectivity index (χ3n) is 2.76. The van der Waals surface area contributed by atoms with Gasteiger partial charge in [-0.2, -0.15) is 0 Å². The number of hydrogen-bond acceptors (Lipinski definition) is 2. The summed E-state index contributed by atoms with van der Waals surface area (Å²) >= 11 is 0. The number of carbonyl (C=O) groups is 1. The van der Waals surface area contributed by atoms with E-state index in [1.54, 1.807) is 36.4 Å². The molecule has 0 fully saturated rings. The van der Waals surface area contributed by atoms with Crippen molar-refractivity contribution in [3.05, 3.63) is 70.9 Å². The summed E-state index contributed by atoms with van der Waals surface area (Å²) in [4.78, 5) is 12.4. The van der Waals surface area contributed by atoms with Crippen molar-refractivity contribution in [1.82, 2.24) is 4.65 Å². The summed E-state index contributed by atoms with van der Waals surface area (Å²) in [6.45, 7) is 0. The lowest BCUT2D eigenvalue weighted by Gasteiger charge is -2.34. The first kappa shape index (κ1) is 12.5. The van der Waals surface area contributed by atoms with Gasteiger partial charge in [0.25, 0.3) is 0 Å². The molecule has 0 amide bonds. The molecule has 3 nitrogen and oxygen atoms in total. The van der Waals surface area contributed by atoms with Crippen LogP contribution in [-0.4, -0.2) is 19.9 Å². The zero-order valence-corrected chi connectivity index (χ0v) is 10.5. The van der Waals surface area contributed by atoms with Crippen LogP contribution in [0.2, 0.25) is 0 Å². The fraction of sp³-hybridized carbons (Fsp3) is 0.133. The van der Waals surface area contributed by atoms with Gasteiger partial charge in [0, 0.05) is 11.6 Å². The van der Waals surface area contributed by atoms with Crippen LogP contribution in [0.15, 0.2) is 54.6 Å². The molecule has 0 unspecified atom stereocenters. The van der Waals surface area contributed by atoms with E-state index in [0.29, 0.717) is 16.8 Å². The first-order valence-electron chi connectivity index (χ1n) is 5.74. The SMILES string of the molecule is C[N+](C)([O-])c1ccccc1C(=O)c1ccccc1. The minimum Gasteiger partial charge on any atom is -0.628 e. The molecule has 0 aliphatic rings. The second kappa shape index (κ2) is 4.72. The van der Waals surface area contributed by atoms with Gasteiger partial charge >= 0.3 is 0 Å². The summed E-state index contributed by atoms with van der Waals surface area (Å²) in [5.41, 5.74) is 1.54. The van der Waals surface area contributed by atoms with Crippen LogP contribution >= 0.6 is 0 Å². The zero-order valence-electron chi connectivity index (χ0n) is 10.5. The van der Waals surface area contributed by atoms with Crippen molar-refractivity contribution in [2.24, 2.45) is 0 Å². The summed E-state index contributed by atoms with van der Waals surface area (Å²) in [6.07, 6.45) is 0. The van der Waals surface area contributed by atoms with Gasteiger partial charge in [-0.25, -0.2) is 0 Å². The van der Waals surface area contributed by atoms with Crippen LogP contribution < -0.4 is 4.65 Å². The van der Waals surface area contributed by atoms with Crippen molar-refractivity contribution in [3.8, 4) is 0 Å². The lowest BCUT2D eigenvalue weighted by atomic mass is 10.0. The van der Waals surface area contributed by atoms with Gasteiger partial charge in [-0.1, -0.05) is 42.5 Å². The summed E-state index contributed by atoms with van der Waals surface area (Å²) < 4.78 is -0.616. The molecule has 0 heterocycles. The maximum atomic E-state index is 12.4. The molecule has 92 valence electrons. The quantitative estimate of drug-likeness (QED) is 0.471. The molecule has 18 heavy (non-hydrogen) atoms. The Balaban J connectivity index is 2.50. The van der Waals surface area contributed by atoms with Gasteiger partial charge in [0.1, 0.15) is 5.69 Å². The monoisotopic (exact) mass is 241 g/mol. The number of ketones is 1. The second-order valence-electron chi connectivity index (χ2n) is 4.56. The molecule has 0 atom stereocenters. The Labute approximate surface area is 106 Å². The predicted octanol–water partition coefficient (Wildman–Crippen LogP) is 2.98. The van der Waals surface area contributed by atoms with E-state index < -0.39 is 4.65 Å². The minimum absolute atomic E-state index is 0.117. The summed E-state index contributed by atoms with van der Waals surface area (Å²) in [7, 11) is 3.02.